The van der Waals surface area contributed by atoms with E-state index >= 15 is 0 Å². The van der Waals surface area contributed by atoms with Crippen molar-refractivity contribution in [3.8, 4) is 5.88 Å². The van der Waals surface area contributed by atoms with Gasteiger partial charge in [-0.15, -0.1) is 10.2 Å². The fraction of sp³-hybridized carbons (Fsp3) is 0.222. The van der Waals surface area contributed by atoms with E-state index in [0.29, 0.717) is 17.4 Å². The maximum absolute atomic E-state index is 11.2. The van der Waals surface area contributed by atoms with E-state index in [-0.39, 0.29) is 11.0 Å². The molecule has 1 aliphatic heterocycles. The number of anilines is 2. The number of hydrogen-bond acceptors (Lipinski definition) is 5. The van der Waals surface area contributed by atoms with Crippen molar-refractivity contribution in [2.75, 3.05) is 36.4 Å². The average molecular weight is 554 g/mol. The number of para-hydroxylation sites is 1. The van der Waals surface area contributed by atoms with Crippen LogP contribution >= 0.6 is 35.4 Å². The molecule has 2 N–H and O–H groups in total. The van der Waals surface area contributed by atoms with E-state index in [2.05, 4.69) is 31.4 Å². The second-order valence-electron chi connectivity index (χ2n) is 8.89. The second kappa shape index (κ2) is 11.1. The van der Waals surface area contributed by atoms with E-state index in [9.17, 15) is 5.11 Å². The average Bonchev–Trinajstić information content (AvgIpc) is 3.16. The van der Waals surface area contributed by atoms with Gasteiger partial charge >= 0.3 is 0 Å². The number of fused-ring (bicyclic) bond motifs is 1. The van der Waals surface area contributed by atoms with E-state index in [0.717, 1.165) is 59.0 Å². The van der Waals surface area contributed by atoms with Crippen LogP contribution in [-0.2, 0) is 6.67 Å². The Kier molecular flexibility index (Phi) is 7.62. The van der Waals surface area contributed by atoms with Crippen LogP contribution in [0.2, 0.25) is 10.0 Å². The van der Waals surface area contributed by atoms with Crippen LogP contribution in [0.3, 0.4) is 0 Å². The SMILES string of the molecule is Cc1c(Cl)cccc1NC(=S)N=Nc1c(O)n(CN2CCN(c3cccc(Cl)c3)CC2)c2ccccc12. The Bertz CT molecular complexity index is 1480. The first kappa shape index (κ1) is 25.5. The molecule has 2 heterocycles. The third-order valence-electron chi connectivity index (χ3n) is 6.55. The number of thiocarbonyl (C=S) groups is 1. The van der Waals surface area contributed by atoms with Crippen LogP contribution in [0.5, 0.6) is 5.88 Å². The lowest BCUT2D eigenvalue weighted by atomic mass is 10.2. The number of benzene rings is 3. The molecule has 4 aromatic rings. The van der Waals surface area contributed by atoms with Gasteiger partial charge in [0.25, 0.3) is 0 Å². The summed E-state index contributed by atoms with van der Waals surface area (Å²) in [4.78, 5) is 4.63. The highest BCUT2D eigenvalue weighted by Crippen LogP contribution is 2.39. The summed E-state index contributed by atoms with van der Waals surface area (Å²) in [6.07, 6.45) is 0. The van der Waals surface area contributed by atoms with Gasteiger partial charge in [0.15, 0.2) is 5.69 Å². The van der Waals surface area contributed by atoms with Gasteiger partial charge < -0.3 is 15.3 Å². The van der Waals surface area contributed by atoms with Gasteiger partial charge in [-0.3, -0.25) is 9.47 Å². The lowest BCUT2D eigenvalue weighted by Gasteiger charge is -2.36. The highest BCUT2D eigenvalue weighted by atomic mass is 35.5. The number of halogens is 2. The number of nitrogens with zero attached hydrogens (tertiary/aromatic N) is 5. The van der Waals surface area contributed by atoms with Crippen molar-refractivity contribution in [3.05, 3.63) is 82.3 Å². The molecule has 7 nitrogen and oxygen atoms in total. The monoisotopic (exact) mass is 552 g/mol. The van der Waals surface area contributed by atoms with E-state index < -0.39 is 0 Å². The summed E-state index contributed by atoms with van der Waals surface area (Å²) in [5.74, 6) is 0.0592. The fourth-order valence-electron chi connectivity index (χ4n) is 4.51. The molecule has 1 aliphatic rings. The van der Waals surface area contributed by atoms with Crippen LogP contribution in [0.4, 0.5) is 17.1 Å². The van der Waals surface area contributed by atoms with Crippen LogP contribution < -0.4 is 10.2 Å². The highest BCUT2D eigenvalue weighted by Gasteiger charge is 2.22. The first-order valence-electron chi connectivity index (χ1n) is 11.9. The molecule has 0 atom stereocenters. The number of nitrogens with one attached hydrogen (secondary N) is 1. The Morgan fingerprint density at radius 2 is 1.76 bits per heavy atom. The Balaban J connectivity index is 1.32. The standard InChI is InChI=1S/C27H26Cl2N6OS/c1-18-22(29)9-5-10-23(18)30-27(37)32-31-25-21-8-2-3-11-24(21)35(26(25)36)17-33-12-14-34(15-13-33)20-7-4-6-19(28)16-20/h2-11,16,36H,12-15,17H2,1H3,(H,30,37). The van der Waals surface area contributed by atoms with Gasteiger partial charge in [-0.05, 0) is 61.1 Å². The smallest absolute Gasteiger partial charge is 0.221 e. The predicted molar refractivity (Wildman–Crippen MR) is 156 cm³/mol. The van der Waals surface area contributed by atoms with Crippen LogP contribution in [-0.4, -0.2) is 45.9 Å². The van der Waals surface area contributed by atoms with Crippen LogP contribution in [0.25, 0.3) is 10.9 Å². The van der Waals surface area contributed by atoms with E-state index in [4.69, 9.17) is 35.4 Å². The Labute approximate surface area is 230 Å². The fourth-order valence-corrected chi connectivity index (χ4v) is 5.02. The maximum atomic E-state index is 11.2. The summed E-state index contributed by atoms with van der Waals surface area (Å²) in [6, 6.07) is 21.2. The minimum absolute atomic E-state index is 0.0592. The molecular weight excluding hydrogens is 527 g/mol. The number of aromatic hydroxyl groups is 1. The number of rotatable bonds is 5. The summed E-state index contributed by atoms with van der Waals surface area (Å²) >= 11 is 17.7. The summed E-state index contributed by atoms with van der Waals surface area (Å²) in [7, 11) is 0. The number of piperazine rings is 1. The molecule has 37 heavy (non-hydrogen) atoms. The Morgan fingerprint density at radius 1 is 1.00 bits per heavy atom. The Morgan fingerprint density at radius 3 is 2.54 bits per heavy atom. The predicted octanol–water partition coefficient (Wildman–Crippen LogP) is 7.22. The lowest BCUT2D eigenvalue weighted by Crippen LogP contribution is -2.46. The molecule has 0 bridgehead atoms. The minimum Gasteiger partial charge on any atom is -0.493 e. The van der Waals surface area contributed by atoms with Crippen LogP contribution in [0.15, 0.2) is 77.0 Å². The van der Waals surface area contributed by atoms with Gasteiger partial charge in [0.2, 0.25) is 11.0 Å². The molecule has 190 valence electrons. The molecule has 10 heteroatoms. The van der Waals surface area contributed by atoms with Gasteiger partial charge in [0.1, 0.15) is 0 Å². The second-order valence-corrected chi connectivity index (χ2v) is 10.1. The molecule has 0 spiro atoms. The van der Waals surface area contributed by atoms with Crippen molar-refractivity contribution < 1.29 is 5.11 Å². The Hall–Kier alpha value is -3.17. The molecule has 1 saturated heterocycles. The third kappa shape index (κ3) is 5.57. The lowest BCUT2D eigenvalue weighted by molar-refractivity contribution is 0.200. The van der Waals surface area contributed by atoms with Crippen molar-refractivity contribution in [1.82, 2.24) is 9.47 Å². The molecular formula is C27H26Cl2N6OS. The topological polar surface area (TPSA) is 68.4 Å². The quantitative estimate of drug-likeness (QED) is 0.202. The van der Waals surface area contributed by atoms with Gasteiger partial charge in [0.05, 0.1) is 12.2 Å². The van der Waals surface area contributed by atoms with Crippen LogP contribution in [0, 0.1) is 6.92 Å². The largest absolute Gasteiger partial charge is 0.493 e. The van der Waals surface area contributed by atoms with E-state index in [1.54, 1.807) is 0 Å². The van der Waals surface area contributed by atoms with Crippen molar-refractivity contribution in [2.45, 2.75) is 13.6 Å². The zero-order valence-corrected chi connectivity index (χ0v) is 22.6. The highest BCUT2D eigenvalue weighted by molar-refractivity contribution is 7.80. The number of hydrogen-bond donors (Lipinski definition) is 2. The van der Waals surface area contributed by atoms with E-state index in [1.165, 1.54) is 0 Å². The van der Waals surface area contributed by atoms with E-state index in [1.807, 2.05) is 72.2 Å². The number of azo groups is 1. The molecule has 1 fully saturated rings. The van der Waals surface area contributed by atoms with Crippen molar-refractivity contribution in [3.63, 3.8) is 0 Å². The van der Waals surface area contributed by atoms with Crippen LogP contribution in [0.1, 0.15) is 5.56 Å². The molecule has 5 rings (SSSR count). The molecule has 3 aromatic carbocycles. The molecule has 0 radical (unpaired) electrons. The van der Waals surface area contributed by atoms with Gasteiger partial charge in [-0.25, -0.2) is 0 Å². The zero-order chi connectivity index (χ0) is 25.9. The third-order valence-corrected chi connectivity index (χ3v) is 7.38. The summed E-state index contributed by atoms with van der Waals surface area (Å²) in [5, 5.41) is 25.1. The van der Waals surface area contributed by atoms with Gasteiger partial charge in [-0.1, -0.05) is 53.5 Å². The zero-order valence-electron chi connectivity index (χ0n) is 20.2. The molecule has 0 aliphatic carbocycles. The molecule has 0 amide bonds. The maximum Gasteiger partial charge on any atom is 0.221 e. The normalized spacial score (nSPS) is 14.5. The van der Waals surface area contributed by atoms with Crippen molar-refractivity contribution in [1.29, 1.82) is 0 Å². The molecule has 0 unspecified atom stereocenters. The van der Waals surface area contributed by atoms with Crippen molar-refractivity contribution >= 4 is 68.5 Å². The van der Waals surface area contributed by atoms with Gasteiger partial charge in [-0.2, -0.15) is 0 Å². The minimum atomic E-state index is 0.0592. The first-order valence-corrected chi connectivity index (χ1v) is 13.1. The summed E-state index contributed by atoms with van der Waals surface area (Å²) in [6.45, 7) is 5.88. The summed E-state index contributed by atoms with van der Waals surface area (Å²) < 4.78 is 1.87. The van der Waals surface area contributed by atoms with Crippen molar-refractivity contribution in [2.24, 2.45) is 10.2 Å². The van der Waals surface area contributed by atoms with Gasteiger partial charge in [0, 0.05) is 53.0 Å². The summed E-state index contributed by atoms with van der Waals surface area (Å²) in [5.41, 5.74) is 4.04. The molecule has 1 aromatic heterocycles. The first-order chi connectivity index (χ1) is 17.9. The molecule has 0 saturated carbocycles. The number of aromatic nitrogens is 1.